The average molecular weight is 357 g/mol. The van der Waals surface area contributed by atoms with Crippen molar-refractivity contribution in [2.75, 3.05) is 13.2 Å². The van der Waals surface area contributed by atoms with Gasteiger partial charge in [-0.05, 0) is 49.7 Å². The van der Waals surface area contributed by atoms with Crippen LogP contribution in [0.25, 0.3) is 0 Å². The number of unbranched alkanes of at least 4 members (excludes halogenated alkanes) is 1. The summed E-state index contributed by atoms with van der Waals surface area (Å²) in [6, 6.07) is 10.3. The molecular formula is C19H23N3O4. The fourth-order valence-corrected chi connectivity index (χ4v) is 2.03. The van der Waals surface area contributed by atoms with Gasteiger partial charge in [0, 0.05) is 5.56 Å². The number of carbonyl (C=O) groups excluding carboxylic acids is 2. The van der Waals surface area contributed by atoms with Gasteiger partial charge >= 0.3 is 0 Å². The van der Waals surface area contributed by atoms with E-state index in [1.807, 2.05) is 6.92 Å². The third-order valence-electron chi connectivity index (χ3n) is 3.43. The number of hydrogen-bond donors (Lipinski definition) is 2. The molecule has 0 unspecified atom stereocenters. The molecule has 1 heterocycles. The van der Waals surface area contributed by atoms with Crippen molar-refractivity contribution >= 4 is 18.0 Å². The van der Waals surface area contributed by atoms with E-state index in [-0.39, 0.29) is 12.5 Å². The standard InChI is InChI=1S/C19H23N3O4/c1-3-4-11-25-16-9-6-15(7-10-16)19(24)20-13-18(23)22-21-12-17-8-5-14(2)26-17/h5-10,12H,3-4,11,13H2,1-2H3,(H,20,24)(H,22,23). The molecule has 0 saturated heterocycles. The summed E-state index contributed by atoms with van der Waals surface area (Å²) in [4.78, 5) is 23.7. The molecule has 0 aliphatic rings. The van der Waals surface area contributed by atoms with Gasteiger partial charge in [0.2, 0.25) is 0 Å². The van der Waals surface area contributed by atoms with Crippen LogP contribution >= 0.6 is 0 Å². The molecule has 2 N–H and O–H groups in total. The Bertz CT molecular complexity index is 750. The summed E-state index contributed by atoms with van der Waals surface area (Å²) in [6.45, 7) is 4.38. The molecule has 7 heteroatoms. The van der Waals surface area contributed by atoms with Gasteiger partial charge in [0.15, 0.2) is 0 Å². The highest BCUT2D eigenvalue weighted by Gasteiger charge is 2.08. The van der Waals surface area contributed by atoms with Crippen LogP contribution in [0.2, 0.25) is 0 Å². The Morgan fingerprint density at radius 3 is 2.62 bits per heavy atom. The number of nitrogens with one attached hydrogen (secondary N) is 2. The van der Waals surface area contributed by atoms with E-state index in [4.69, 9.17) is 9.15 Å². The van der Waals surface area contributed by atoms with Gasteiger partial charge in [-0.2, -0.15) is 5.10 Å². The molecule has 0 atom stereocenters. The van der Waals surface area contributed by atoms with Crippen LogP contribution in [0.3, 0.4) is 0 Å². The van der Waals surface area contributed by atoms with E-state index in [2.05, 4.69) is 22.8 Å². The highest BCUT2D eigenvalue weighted by molar-refractivity contribution is 5.96. The molecule has 26 heavy (non-hydrogen) atoms. The van der Waals surface area contributed by atoms with Crippen LogP contribution < -0.4 is 15.5 Å². The van der Waals surface area contributed by atoms with Crippen LogP contribution in [-0.4, -0.2) is 31.2 Å². The highest BCUT2D eigenvalue weighted by Crippen LogP contribution is 2.12. The molecule has 0 aliphatic heterocycles. The van der Waals surface area contributed by atoms with Crippen LogP contribution in [-0.2, 0) is 4.79 Å². The maximum atomic E-state index is 12.0. The fraction of sp³-hybridized carbons (Fsp3) is 0.316. The molecule has 7 nitrogen and oxygen atoms in total. The number of amides is 2. The van der Waals surface area contributed by atoms with Crippen molar-refractivity contribution in [3.05, 3.63) is 53.5 Å². The molecule has 2 rings (SSSR count). The van der Waals surface area contributed by atoms with Crippen molar-refractivity contribution in [1.82, 2.24) is 10.7 Å². The number of benzene rings is 1. The summed E-state index contributed by atoms with van der Waals surface area (Å²) in [7, 11) is 0. The van der Waals surface area contributed by atoms with E-state index in [9.17, 15) is 9.59 Å². The Morgan fingerprint density at radius 2 is 1.96 bits per heavy atom. The lowest BCUT2D eigenvalue weighted by atomic mass is 10.2. The molecule has 2 amide bonds. The molecule has 0 radical (unpaired) electrons. The van der Waals surface area contributed by atoms with Gasteiger partial charge in [-0.1, -0.05) is 13.3 Å². The molecule has 0 spiro atoms. The first-order valence-electron chi connectivity index (χ1n) is 8.48. The largest absolute Gasteiger partial charge is 0.494 e. The summed E-state index contributed by atoms with van der Waals surface area (Å²) in [6.07, 6.45) is 3.44. The van der Waals surface area contributed by atoms with E-state index in [1.165, 1.54) is 6.21 Å². The normalized spacial score (nSPS) is 10.7. The number of carbonyl (C=O) groups is 2. The number of rotatable bonds is 9. The predicted octanol–water partition coefficient (Wildman–Crippen LogP) is 2.65. The lowest BCUT2D eigenvalue weighted by molar-refractivity contribution is -0.120. The van der Waals surface area contributed by atoms with Crippen LogP contribution in [0.4, 0.5) is 0 Å². The number of nitrogens with zero attached hydrogens (tertiary/aromatic N) is 1. The van der Waals surface area contributed by atoms with Gasteiger partial charge < -0.3 is 14.5 Å². The first-order valence-corrected chi connectivity index (χ1v) is 8.48. The molecule has 1 aromatic heterocycles. The summed E-state index contributed by atoms with van der Waals surface area (Å²) in [5.41, 5.74) is 2.77. The van der Waals surface area contributed by atoms with Crippen molar-refractivity contribution in [3.8, 4) is 5.75 Å². The summed E-state index contributed by atoms with van der Waals surface area (Å²) >= 11 is 0. The van der Waals surface area contributed by atoms with Gasteiger partial charge in [0.1, 0.15) is 17.3 Å². The predicted molar refractivity (Wildman–Crippen MR) is 98.4 cm³/mol. The molecule has 2 aromatic rings. The van der Waals surface area contributed by atoms with Gasteiger partial charge in [0.05, 0.1) is 19.4 Å². The van der Waals surface area contributed by atoms with Crippen molar-refractivity contribution in [2.24, 2.45) is 5.10 Å². The minimum Gasteiger partial charge on any atom is -0.494 e. The topological polar surface area (TPSA) is 92.9 Å². The van der Waals surface area contributed by atoms with Gasteiger partial charge in [0.25, 0.3) is 11.8 Å². The van der Waals surface area contributed by atoms with Crippen molar-refractivity contribution in [3.63, 3.8) is 0 Å². The maximum Gasteiger partial charge on any atom is 0.259 e. The molecular weight excluding hydrogens is 334 g/mol. The average Bonchev–Trinajstić information content (AvgIpc) is 3.05. The molecule has 138 valence electrons. The minimum absolute atomic E-state index is 0.178. The lowest BCUT2D eigenvalue weighted by Gasteiger charge is -2.07. The van der Waals surface area contributed by atoms with Crippen molar-refractivity contribution in [2.45, 2.75) is 26.7 Å². The Balaban J connectivity index is 1.73. The second kappa shape index (κ2) is 10.0. The lowest BCUT2D eigenvalue weighted by Crippen LogP contribution is -2.34. The number of hydrazone groups is 1. The monoisotopic (exact) mass is 357 g/mol. The zero-order valence-corrected chi connectivity index (χ0v) is 15.0. The quantitative estimate of drug-likeness (QED) is 0.410. The Kier molecular flexibility index (Phi) is 7.42. The molecule has 0 aliphatic carbocycles. The number of hydrogen-bond acceptors (Lipinski definition) is 5. The molecule has 0 bridgehead atoms. The van der Waals surface area contributed by atoms with E-state index in [0.717, 1.165) is 24.4 Å². The second-order valence-corrected chi connectivity index (χ2v) is 5.65. The maximum absolute atomic E-state index is 12.0. The van der Waals surface area contributed by atoms with Crippen LogP contribution in [0.1, 0.15) is 41.6 Å². The van der Waals surface area contributed by atoms with Gasteiger partial charge in [-0.25, -0.2) is 5.43 Å². The molecule has 0 fully saturated rings. The van der Waals surface area contributed by atoms with Gasteiger partial charge in [-0.3, -0.25) is 9.59 Å². The zero-order chi connectivity index (χ0) is 18.8. The number of ether oxygens (including phenoxy) is 1. The van der Waals surface area contributed by atoms with E-state index in [1.54, 1.807) is 36.4 Å². The number of furan rings is 1. The van der Waals surface area contributed by atoms with E-state index >= 15 is 0 Å². The Hall–Kier alpha value is -3.09. The summed E-state index contributed by atoms with van der Waals surface area (Å²) < 4.78 is 10.8. The van der Waals surface area contributed by atoms with Gasteiger partial charge in [-0.15, -0.1) is 0 Å². The zero-order valence-electron chi connectivity index (χ0n) is 15.0. The fourth-order valence-electron chi connectivity index (χ4n) is 2.03. The SMILES string of the molecule is CCCCOc1ccc(C(=O)NCC(=O)NN=Cc2ccc(C)o2)cc1. The van der Waals surface area contributed by atoms with E-state index < -0.39 is 5.91 Å². The van der Waals surface area contributed by atoms with Crippen LogP contribution in [0.15, 0.2) is 45.9 Å². The third kappa shape index (κ3) is 6.43. The van der Waals surface area contributed by atoms with E-state index in [0.29, 0.717) is 17.9 Å². The highest BCUT2D eigenvalue weighted by atomic mass is 16.5. The molecule has 0 saturated carbocycles. The smallest absolute Gasteiger partial charge is 0.259 e. The third-order valence-corrected chi connectivity index (χ3v) is 3.43. The van der Waals surface area contributed by atoms with Crippen molar-refractivity contribution < 1.29 is 18.7 Å². The first kappa shape index (κ1) is 19.2. The van der Waals surface area contributed by atoms with Crippen molar-refractivity contribution in [1.29, 1.82) is 0 Å². The summed E-state index contributed by atoms with van der Waals surface area (Å²) in [5.74, 6) is 1.23. The number of aryl methyl sites for hydroxylation is 1. The molecule has 1 aromatic carbocycles. The Morgan fingerprint density at radius 1 is 1.19 bits per heavy atom. The summed E-state index contributed by atoms with van der Waals surface area (Å²) in [5, 5.41) is 6.30. The Labute approximate surface area is 152 Å². The second-order valence-electron chi connectivity index (χ2n) is 5.65. The van der Waals surface area contributed by atoms with Crippen LogP contribution in [0.5, 0.6) is 5.75 Å². The van der Waals surface area contributed by atoms with Crippen LogP contribution in [0, 0.1) is 6.92 Å². The first-order chi connectivity index (χ1) is 12.6. The minimum atomic E-state index is -0.433.